The zero-order chi connectivity index (χ0) is 27.9. The Morgan fingerprint density at radius 2 is 1.59 bits per heavy atom. The van der Waals surface area contributed by atoms with Crippen LogP contribution in [-0.2, 0) is 19.9 Å². The minimum absolute atomic E-state index is 0.0721. The van der Waals surface area contributed by atoms with Crippen molar-refractivity contribution in [3.8, 4) is 22.8 Å². The Labute approximate surface area is 227 Å². The standard InChI is InChI=1S/C34H44GeNO/c1-21-26-16-22(19-33(2,3)4)12-13-25(26)27(20-34(5,6)7)32-29(21)31-30-23(14-15-36(31)11)17-24(35(8,9)10)18-28(30)37-32/h12-18H,19-20H2,1-11H3/q+1/i12D. The van der Waals surface area contributed by atoms with Gasteiger partial charge >= 0.3 is 208 Å². The van der Waals surface area contributed by atoms with E-state index in [4.69, 9.17) is 6.11 Å². The second kappa shape index (κ2) is 8.59. The zero-order valence-corrected chi connectivity index (χ0v) is 26.8. The van der Waals surface area contributed by atoms with Gasteiger partial charge in [-0.3, -0.25) is 0 Å². The first-order chi connectivity index (χ1) is 17.4. The first-order valence-electron chi connectivity index (χ1n) is 14.2. The average Bonchev–Trinajstić information content (AvgIpc) is 2.77. The third kappa shape index (κ3) is 4.82. The monoisotopic (exact) mass is 557 g/mol. The fourth-order valence-corrected chi connectivity index (χ4v) is 8.26. The number of hydrogen-bond donors (Lipinski definition) is 0. The maximum atomic E-state index is 8.97. The number of aromatic nitrogens is 1. The molecule has 2 nitrogen and oxygen atoms in total. The molecule has 3 aromatic carbocycles. The number of aryl methyl sites for hydroxylation is 2. The van der Waals surface area contributed by atoms with Gasteiger partial charge in [0.15, 0.2) is 0 Å². The molecule has 194 valence electrons. The van der Waals surface area contributed by atoms with E-state index in [9.17, 15) is 0 Å². The summed E-state index contributed by atoms with van der Waals surface area (Å²) >= 11 is -2.10. The second-order valence-corrected chi connectivity index (χ2v) is 25.3. The van der Waals surface area contributed by atoms with Crippen LogP contribution in [-0.4, -0.2) is 13.3 Å². The van der Waals surface area contributed by atoms with Crippen LogP contribution in [0.3, 0.4) is 0 Å². The van der Waals surface area contributed by atoms with Crippen molar-refractivity contribution in [1.29, 1.82) is 0 Å². The number of hydrogen-bond acceptors (Lipinski definition) is 1. The van der Waals surface area contributed by atoms with E-state index in [2.05, 4.69) is 114 Å². The van der Waals surface area contributed by atoms with Crippen LogP contribution in [0.15, 0.2) is 42.6 Å². The van der Waals surface area contributed by atoms with Gasteiger partial charge in [-0.2, -0.15) is 0 Å². The molecule has 0 saturated heterocycles. The minimum atomic E-state index is -2.10. The van der Waals surface area contributed by atoms with Crippen LogP contribution in [0.5, 0.6) is 11.5 Å². The summed E-state index contributed by atoms with van der Waals surface area (Å²) in [7, 11) is 2.16. The molecular weight excluding hydrogens is 511 g/mol. The summed E-state index contributed by atoms with van der Waals surface area (Å²) in [6, 6.07) is 12.0. The van der Waals surface area contributed by atoms with E-state index in [0.717, 1.165) is 29.9 Å². The fraction of sp³-hybridized carbons (Fsp3) is 0.441. The van der Waals surface area contributed by atoms with E-state index in [-0.39, 0.29) is 10.8 Å². The van der Waals surface area contributed by atoms with Gasteiger partial charge in [0.05, 0.1) is 0 Å². The summed E-state index contributed by atoms with van der Waals surface area (Å²) in [6.07, 6.45) is 3.98. The van der Waals surface area contributed by atoms with Crippen molar-refractivity contribution < 1.29 is 10.7 Å². The third-order valence-corrected chi connectivity index (χ3v) is 11.8. The van der Waals surface area contributed by atoms with Gasteiger partial charge in [0, 0.05) is 0 Å². The van der Waals surface area contributed by atoms with E-state index in [0.29, 0.717) is 6.04 Å². The first-order valence-corrected chi connectivity index (χ1v) is 21.0. The van der Waals surface area contributed by atoms with Gasteiger partial charge in [0.25, 0.3) is 0 Å². The number of fused-ring (bicyclic) bond motifs is 3. The van der Waals surface area contributed by atoms with Gasteiger partial charge in [-0.15, -0.1) is 0 Å². The Balaban J connectivity index is 1.93. The molecule has 1 aliphatic heterocycles. The fourth-order valence-electron chi connectivity index (χ4n) is 5.84. The zero-order valence-electron chi connectivity index (χ0n) is 25.7. The Kier molecular flexibility index (Phi) is 5.80. The second-order valence-electron chi connectivity index (χ2n) is 14.6. The molecule has 5 rings (SSSR count). The van der Waals surface area contributed by atoms with Gasteiger partial charge in [-0.1, -0.05) is 20.8 Å². The quantitative estimate of drug-likeness (QED) is 0.160. The normalized spacial score (nSPS) is 14.1. The van der Waals surface area contributed by atoms with Crippen molar-refractivity contribution in [2.45, 2.75) is 78.6 Å². The summed E-state index contributed by atoms with van der Waals surface area (Å²) in [5.74, 6) is 9.31. The number of rotatable bonds is 3. The Hall–Kier alpha value is -2.33. The van der Waals surface area contributed by atoms with Gasteiger partial charge in [0.2, 0.25) is 0 Å². The average molecular weight is 556 g/mol. The molecular formula is C34H44GeNO+. The summed E-state index contributed by atoms with van der Waals surface area (Å²) in [4.78, 5) is 0. The van der Waals surface area contributed by atoms with Crippen molar-refractivity contribution in [2.24, 2.45) is 17.9 Å². The molecule has 0 saturated carbocycles. The predicted octanol–water partition coefficient (Wildman–Crippen LogP) is 8.62. The van der Waals surface area contributed by atoms with Gasteiger partial charge in [0.1, 0.15) is 0 Å². The summed E-state index contributed by atoms with van der Waals surface area (Å²) in [5.41, 5.74) is 6.24. The molecule has 0 bridgehead atoms. The van der Waals surface area contributed by atoms with E-state index in [1.165, 1.54) is 48.3 Å². The Morgan fingerprint density at radius 1 is 0.919 bits per heavy atom. The molecule has 1 aromatic heterocycles. The first kappa shape index (κ1) is 25.0. The van der Waals surface area contributed by atoms with Gasteiger partial charge in [-0.25, -0.2) is 0 Å². The molecule has 0 aliphatic carbocycles. The molecule has 3 heteroatoms. The van der Waals surface area contributed by atoms with Gasteiger partial charge < -0.3 is 0 Å². The molecule has 4 aromatic rings. The van der Waals surface area contributed by atoms with Crippen molar-refractivity contribution >= 4 is 39.2 Å². The molecule has 0 N–H and O–H groups in total. The van der Waals surface area contributed by atoms with Crippen molar-refractivity contribution in [3.63, 3.8) is 0 Å². The van der Waals surface area contributed by atoms with E-state index < -0.39 is 13.3 Å². The molecule has 0 unspecified atom stereocenters. The van der Waals surface area contributed by atoms with Crippen molar-refractivity contribution in [1.82, 2.24) is 0 Å². The summed E-state index contributed by atoms with van der Waals surface area (Å²) in [5, 5.41) is 4.91. The molecule has 37 heavy (non-hydrogen) atoms. The van der Waals surface area contributed by atoms with Crippen LogP contribution in [0, 0.1) is 17.8 Å². The number of nitrogens with zero attached hydrogens (tertiary/aromatic N) is 1. The molecule has 0 fully saturated rings. The number of ether oxygens (including phenoxy) is 1. The molecule has 1 aliphatic rings. The van der Waals surface area contributed by atoms with Crippen LogP contribution in [0.25, 0.3) is 32.8 Å². The van der Waals surface area contributed by atoms with E-state index in [1.807, 2.05) is 0 Å². The van der Waals surface area contributed by atoms with Gasteiger partial charge in [-0.05, 0) is 0 Å². The number of benzene rings is 3. The van der Waals surface area contributed by atoms with Crippen LogP contribution < -0.4 is 13.7 Å². The molecule has 0 atom stereocenters. The Morgan fingerprint density at radius 3 is 2.22 bits per heavy atom. The maximum absolute atomic E-state index is 8.97. The SMILES string of the molecule is [2H]c1cc2c(CC(C)(C)C)c3c(c(C)c2cc1CC(C)(C)C)-c1c2c(c[c]([Ge]([CH3])([CH3])[CH3])cc2cc[n+]1C)O3. The summed E-state index contributed by atoms with van der Waals surface area (Å²) in [6.45, 7) is 15.9. The van der Waals surface area contributed by atoms with Crippen LogP contribution in [0.4, 0.5) is 0 Å². The van der Waals surface area contributed by atoms with E-state index in [1.54, 1.807) is 0 Å². The molecule has 0 spiro atoms. The van der Waals surface area contributed by atoms with Crippen molar-refractivity contribution in [3.05, 3.63) is 59.3 Å². The number of pyridine rings is 1. The molecule has 0 radical (unpaired) electrons. The van der Waals surface area contributed by atoms with Crippen LogP contribution in [0.2, 0.25) is 17.3 Å². The Bertz CT molecular complexity index is 1610. The summed E-state index contributed by atoms with van der Waals surface area (Å²) < 4.78 is 19.7. The van der Waals surface area contributed by atoms with Crippen LogP contribution >= 0.6 is 0 Å². The molecule has 2 heterocycles. The molecule has 0 amide bonds. The van der Waals surface area contributed by atoms with Crippen molar-refractivity contribution in [2.75, 3.05) is 0 Å². The predicted molar refractivity (Wildman–Crippen MR) is 162 cm³/mol. The topological polar surface area (TPSA) is 13.1 Å². The van der Waals surface area contributed by atoms with E-state index >= 15 is 0 Å². The van der Waals surface area contributed by atoms with Crippen LogP contribution in [0.1, 0.15) is 59.6 Å². The third-order valence-electron chi connectivity index (χ3n) is 7.56.